The maximum absolute atomic E-state index is 6.37. The lowest BCUT2D eigenvalue weighted by Crippen LogP contribution is -2.30. The minimum absolute atomic E-state index is 0.498. The van der Waals surface area contributed by atoms with Crippen molar-refractivity contribution in [1.82, 2.24) is 5.32 Å². The standard InChI is InChI=1S/C15H25ClN2/c1-11(2)8-12(3)18(5)15-7-6-13(10-17-4)9-14(15)16/h6-7,9,11-12,17H,8,10H2,1-5H3. The Morgan fingerprint density at radius 3 is 2.44 bits per heavy atom. The highest BCUT2D eigenvalue weighted by Crippen LogP contribution is 2.28. The highest BCUT2D eigenvalue weighted by atomic mass is 35.5. The van der Waals surface area contributed by atoms with Crippen LogP contribution < -0.4 is 10.2 Å². The zero-order valence-corrected chi connectivity index (χ0v) is 12.9. The molecule has 1 atom stereocenters. The molecule has 0 aromatic heterocycles. The van der Waals surface area contributed by atoms with Crippen molar-refractivity contribution in [2.24, 2.45) is 5.92 Å². The quantitative estimate of drug-likeness (QED) is 0.841. The predicted octanol–water partition coefficient (Wildman–Crippen LogP) is 3.93. The van der Waals surface area contributed by atoms with Crippen LogP contribution in [-0.4, -0.2) is 20.1 Å². The molecule has 0 saturated carbocycles. The molecule has 2 nitrogen and oxygen atoms in total. The van der Waals surface area contributed by atoms with Crippen molar-refractivity contribution in [3.63, 3.8) is 0 Å². The molecule has 3 heteroatoms. The minimum Gasteiger partial charge on any atom is -0.371 e. The summed E-state index contributed by atoms with van der Waals surface area (Å²) in [5.41, 5.74) is 2.33. The van der Waals surface area contributed by atoms with Gasteiger partial charge in [-0.25, -0.2) is 0 Å². The van der Waals surface area contributed by atoms with E-state index in [2.05, 4.69) is 50.2 Å². The summed E-state index contributed by atoms with van der Waals surface area (Å²) in [7, 11) is 4.06. The van der Waals surface area contributed by atoms with Crippen molar-refractivity contribution in [3.8, 4) is 0 Å². The molecular weight excluding hydrogens is 244 g/mol. The average molecular weight is 269 g/mol. The number of nitrogens with one attached hydrogen (secondary N) is 1. The normalized spacial score (nSPS) is 12.8. The van der Waals surface area contributed by atoms with Crippen LogP contribution in [0.2, 0.25) is 5.02 Å². The van der Waals surface area contributed by atoms with Gasteiger partial charge in [0.25, 0.3) is 0 Å². The second kappa shape index (κ2) is 7.01. The van der Waals surface area contributed by atoms with Gasteiger partial charge in [0.2, 0.25) is 0 Å². The summed E-state index contributed by atoms with van der Waals surface area (Å²) in [5, 5.41) is 3.97. The molecule has 1 rings (SSSR count). The summed E-state index contributed by atoms with van der Waals surface area (Å²) >= 11 is 6.37. The number of rotatable bonds is 6. The van der Waals surface area contributed by atoms with Gasteiger partial charge in [-0.05, 0) is 44.0 Å². The molecule has 102 valence electrons. The maximum atomic E-state index is 6.37. The van der Waals surface area contributed by atoms with Crippen LogP contribution in [0, 0.1) is 5.92 Å². The largest absolute Gasteiger partial charge is 0.371 e. The lowest BCUT2D eigenvalue weighted by molar-refractivity contribution is 0.504. The van der Waals surface area contributed by atoms with Crippen LogP contribution >= 0.6 is 11.6 Å². The molecule has 0 spiro atoms. The Morgan fingerprint density at radius 1 is 1.28 bits per heavy atom. The van der Waals surface area contributed by atoms with Gasteiger partial charge in [-0.15, -0.1) is 0 Å². The molecule has 18 heavy (non-hydrogen) atoms. The van der Waals surface area contributed by atoms with Crippen molar-refractivity contribution in [2.75, 3.05) is 19.0 Å². The van der Waals surface area contributed by atoms with Crippen molar-refractivity contribution in [2.45, 2.75) is 39.8 Å². The molecule has 1 aromatic carbocycles. The fraction of sp³-hybridized carbons (Fsp3) is 0.600. The number of anilines is 1. The van der Waals surface area contributed by atoms with Crippen LogP contribution in [0.15, 0.2) is 18.2 Å². The molecule has 0 saturated heterocycles. The van der Waals surface area contributed by atoms with Crippen molar-refractivity contribution in [1.29, 1.82) is 0 Å². The van der Waals surface area contributed by atoms with E-state index in [4.69, 9.17) is 11.6 Å². The van der Waals surface area contributed by atoms with Crippen molar-refractivity contribution in [3.05, 3.63) is 28.8 Å². The van der Waals surface area contributed by atoms with Gasteiger partial charge in [-0.2, -0.15) is 0 Å². The summed E-state index contributed by atoms with van der Waals surface area (Å²) in [6.07, 6.45) is 1.17. The number of hydrogen-bond donors (Lipinski definition) is 1. The van der Waals surface area contributed by atoms with Crippen LogP contribution in [0.3, 0.4) is 0 Å². The van der Waals surface area contributed by atoms with Crippen LogP contribution in [0.5, 0.6) is 0 Å². The van der Waals surface area contributed by atoms with E-state index in [0.29, 0.717) is 12.0 Å². The first-order chi connectivity index (χ1) is 8.45. The molecule has 0 bridgehead atoms. The predicted molar refractivity (Wildman–Crippen MR) is 81.5 cm³/mol. The molecule has 0 fully saturated rings. The van der Waals surface area contributed by atoms with Gasteiger partial charge in [0.15, 0.2) is 0 Å². The first-order valence-corrected chi connectivity index (χ1v) is 6.99. The molecule has 0 heterocycles. The minimum atomic E-state index is 0.498. The molecular formula is C15H25ClN2. The number of halogens is 1. The molecule has 0 amide bonds. The third-order valence-electron chi connectivity index (χ3n) is 3.25. The Hall–Kier alpha value is -0.730. The van der Waals surface area contributed by atoms with E-state index >= 15 is 0 Å². The lowest BCUT2D eigenvalue weighted by Gasteiger charge is -2.29. The van der Waals surface area contributed by atoms with E-state index in [1.807, 2.05) is 13.1 Å². The van der Waals surface area contributed by atoms with Crippen LogP contribution in [0.4, 0.5) is 5.69 Å². The smallest absolute Gasteiger partial charge is 0.0642 e. The number of nitrogens with zero attached hydrogens (tertiary/aromatic N) is 1. The summed E-state index contributed by atoms with van der Waals surface area (Å²) in [6.45, 7) is 7.60. The summed E-state index contributed by atoms with van der Waals surface area (Å²) in [6, 6.07) is 6.80. The Morgan fingerprint density at radius 2 is 1.94 bits per heavy atom. The maximum Gasteiger partial charge on any atom is 0.0642 e. The molecule has 0 aliphatic carbocycles. The van der Waals surface area contributed by atoms with Gasteiger partial charge >= 0.3 is 0 Å². The Bertz CT molecular complexity index is 377. The fourth-order valence-corrected chi connectivity index (χ4v) is 2.56. The topological polar surface area (TPSA) is 15.3 Å². The average Bonchev–Trinajstić information content (AvgIpc) is 2.28. The first-order valence-electron chi connectivity index (χ1n) is 6.61. The lowest BCUT2D eigenvalue weighted by atomic mass is 10.0. The molecule has 1 N–H and O–H groups in total. The van der Waals surface area contributed by atoms with E-state index in [9.17, 15) is 0 Å². The summed E-state index contributed by atoms with van der Waals surface area (Å²) in [4.78, 5) is 2.27. The zero-order valence-electron chi connectivity index (χ0n) is 12.1. The SMILES string of the molecule is CNCc1ccc(N(C)C(C)CC(C)C)c(Cl)c1. The Kier molecular flexibility index (Phi) is 5.97. The third-order valence-corrected chi connectivity index (χ3v) is 3.55. The number of hydrogen-bond acceptors (Lipinski definition) is 2. The second-order valence-corrected chi connectivity index (χ2v) is 5.81. The van der Waals surface area contributed by atoms with Gasteiger partial charge in [-0.3, -0.25) is 0 Å². The third kappa shape index (κ3) is 4.18. The zero-order chi connectivity index (χ0) is 13.7. The van der Waals surface area contributed by atoms with E-state index in [1.54, 1.807) is 0 Å². The Balaban J connectivity index is 2.82. The van der Waals surface area contributed by atoms with Gasteiger partial charge < -0.3 is 10.2 Å². The monoisotopic (exact) mass is 268 g/mol. The summed E-state index contributed by atoms with van der Waals surface area (Å²) in [5.74, 6) is 0.699. The second-order valence-electron chi connectivity index (χ2n) is 5.41. The molecule has 0 aliphatic heterocycles. The molecule has 0 radical (unpaired) electrons. The Labute approximate surface area is 116 Å². The van der Waals surface area contributed by atoms with E-state index < -0.39 is 0 Å². The van der Waals surface area contributed by atoms with E-state index in [1.165, 1.54) is 12.0 Å². The van der Waals surface area contributed by atoms with Gasteiger partial charge in [0.1, 0.15) is 0 Å². The van der Waals surface area contributed by atoms with Gasteiger partial charge in [0, 0.05) is 19.6 Å². The number of benzene rings is 1. The van der Waals surface area contributed by atoms with Crippen LogP contribution in [0.25, 0.3) is 0 Å². The van der Waals surface area contributed by atoms with E-state index in [-0.39, 0.29) is 0 Å². The highest BCUT2D eigenvalue weighted by molar-refractivity contribution is 6.33. The van der Waals surface area contributed by atoms with Crippen molar-refractivity contribution >= 4 is 17.3 Å². The molecule has 0 aliphatic rings. The molecule has 1 aromatic rings. The van der Waals surface area contributed by atoms with Gasteiger partial charge in [0.05, 0.1) is 10.7 Å². The fourth-order valence-electron chi connectivity index (χ4n) is 2.23. The first kappa shape index (κ1) is 15.3. The van der Waals surface area contributed by atoms with Crippen LogP contribution in [0.1, 0.15) is 32.8 Å². The highest BCUT2D eigenvalue weighted by Gasteiger charge is 2.14. The molecule has 1 unspecified atom stereocenters. The van der Waals surface area contributed by atoms with Crippen molar-refractivity contribution < 1.29 is 0 Å². The van der Waals surface area contributed by atoms with E-state index in [0.717, 1.165) is 17.3 Å². The van der Waals surface area contributed by atoms with Gasteiger partial charge in [-0.1, -0.05) is 31.5 Å². The summed E-state index contributed by atoms with van der Waals surface area (Å²) < 4.78 is 0. The van der Waals surface area contributed by atoms with Crippen LogP contribution in [-0.2, 0) is 6.54 Å².